The summed E-state index contributed by atoms with van der Waals surface area (Å²) in [6, 6.07) is 0. The van der Waals surface area contributed by atoms with E-state index < -0.39 is 15.9 Å². The maximum Gasteiger partial charge on any atom is 0.270 e. The van der Waals surface area contributed by atoms with Crippen LogP contribution in [0.2, 0.25) is 0 Å². The van der Waals surface area contributed by atoms with Crippen molar-refractivity contribution in [3.8, 4) is 0 Å². The lowest BCUT2D eigenvalue weighted by atomic mass is 10.6. The zero-order valence-corrected chi connectivity index (χ0v) is 8.52. The number of thioether (sulfide) groups is 1. The Hall–Kier alpha value is -0.600. The Morgan fingerprint density at radius 3 is 2.77 bits per heavy atom. The first-order valence-corrected chi connectivity index (χ1v) is 6.10. The molecule has 0 atom stereocenters. The lowest BCUT2D eigenvalue weighted by molar-refractivity contribution is 0.481. The number of nitrogens with zero attached hydrogens (tertiary/aromatic N) is 2. The van der Waals surface area contributed by atoms with Gasteiger partial charge in [-0.25, -0.2) is 0 Å². The van der Waals surface area contributed by atoms with Crippen LogP contribution < -0.4 is 0 Å². The summed E-state index contributed by atoms with van der Waals surface area (Å²) >= 11 is 1.37. The van der Waals surface area contributed by atoms with Gasteiger partial charge in [-0.15, -0.1) is 16.9 Å². The molecule has 0 unspecified atom stereocenters. The third-order valence-corrected chi connectivity index (χ3v) is 2.71. The van der Waals surface area contributed by atoms with Crippen molar-refractivity contribution in [2.75, 3.05) is 5.75 Å². The second-order valence-electron chi connectivity index (χ2n) is 2.23. The SMILES string of the molecule is CCSc1n[nH]nc1CS(=O)(=O)O. The molecule has 0 bridgehead atoms. The summed E-state index contributed by atoms with van der Waals surface area (Å²) in [7, 11) is -4.02. The lowest BCUT2D eigenvalue weighted by Crippen LogP contribution is -2.03. The summed E-state index contributed by atoms with van der Waals surface area (Å²) in [6.45, 7) is 1.91. The van der Waals surface area contributed by atoms with Crippen LogP contribution in [0.4, 0.5) is 0 Å². The molecule has 0 fully saturated rings. The van der Waals surface area contributed by atoms with Crippen LogP contribution in [0.3, 0.4) is 0 Å². The van der Waals surface area contributed by atoms with E-state index in [1.165, 1.54) is 11.8 Å². The molecule has 74 valence electrons. The zero-order valence-electron chi connectivity index (χ0n) is 6.89. The molecule has 1 aromatic heterocycles. The Kier molecular flexibility index (Phi) is 3.28. The molecule has 6 nitrogen and oxygen atoms in total. The summed E-state index contributed by atoms with van der Waals surface area (Å²) in [5.41, 5.74) is 0.259. The Balaban J connectivity index is 2.82. The van der Waals surface area contributed by atoms with E-state index in [1.54, 1.807) is 0 Å². The molecule has 13 heavy (non-hydrogen) atoms. The highest BCUT2D eigenvalue weighted by Crippen LogP contribution is 2.18. The summed E-state index contributed by atoms with van der Waals surface area (Å²) in [5, 5.41) is 10.2. The van der Waals surface area contributed by atoms with E-state index in [1.807, 2.05) is 6.92 Å². The average molecular weight is 223 g/mol. The maximum atomic E-state index is 10.5. The van der Waals surface area contributed by atoms with Crippen LogP contribution in [0.25, 0.3) is 0 Å². The minimum atomic E-state index is -4.02. The molecule has 2 N–H and O–H groups in total. The van der Waals surface area contributed by atoms with Crippen LogP contribution in [-0.4, -0.2) is 34.1 Å². The van der Waals surface area contributed by atoms with Crippen molar-refractivity contribution in [3.63, 3.8) is 0 Å². The summed E-state index contributed by atoms with van der Waals surface area (Å²) in [5.74, 6) is 0.275. The third-order valence-electron chi connectivity index (χ3n) is 1.18. The fraction of sp³-hybridized carbons (Fsp3) is 0.600. The Morgan fingerprint density at radius 2 is 2.23 bits per heavy atom. The average Bonchev–Trinajstić information content (AvgIpc) is 2.34. The van der Waals surface area contributed by atoms with Crippen molar-refractivity contribution in [3.05, 3.63) is 5.69 Å². The monoisotopic (exact) mass is 223 g/mol. The van der Waals surface area contributed by atoms with Crippen LogP contribution in [0.5, 0.6) is 0 Å². The third kappa shape index (κ3) is 3.33. The molecule has 0 radical (unpaired) electrons. The summed E-state index contributed by atoms with van der Waals surface area (Å²) in [6.07, 6.45) is 0. The fourth-order valence-electron chi connectivity index (χ4n) is 0.762. The molecule has 0 aromatic carbocycles. The molecule has 0 saturated carbocycles. The van der Waals surface area contributed by atoms with E-state index in [0.29, 0.717) is 5.03 Å². The van der Waals surface area contributed by atoms with Crippen LogP contribution in [-0.2, 0) is 15.9 Å². The predicted octanol–water partition coefficient (Wildman–Crippen LogP) is 0.304. The smallest absolute Gasteiger partial charge is 0.270 e. The molecule has 0 aliphatic heterocycles. The number of nitrogens with one attached hydrogen (secondary N) is 1. The lowest BCUT2D eigenvalue weighted by Gasteiger charge is -1.95. The second-order valence-corrected chi connectivity index (χ2v) is 4.94. The quantitative estimate of drug-likeness (QED) is 0.563. The highest BCUT2D eigenvalue weighted by atomic mass is 32.2. The molecule has 0 aliphatic carbocycles. The van der Waals surface area contributed by atoms with Gasteiger partial charge in [0.25, 0.3) is 10.1 Å². The van der Waals surface area contributed by atoms with Crippen molar-refractivity contribution in [1.29, 1.82) is 0 Å². The topological polar surface area (TPSA) is 95.9 Å². The number of aromatic amines is 1. The van der Waals surface area contributed by atoms with E-state index in [9.17, 15) is 8.42 Å². The summed E-state index contributed by atoms with van der Waals surface area (Å²) in [4.78, 5) is 0. The first kappa shape index (κ1) is 10.5. The van der Waals surface area contributed by atoms with E-state index in [-0.39, 0.29) is 5.69 Å². The molecular formula is C5H9N3O3S2. The Morgan fingerprint density at radius 1 is 1.54 bits per heavy atom. The highest BCUT2D eigenvalue weighted by Gasteiger charge is 2.14. The molecule has 0 saturated heterocycles. The minimum Gasteiger partial charge on any atom is -0.285 e. The molecule has 0 aliphatic rings. The molecule has 8 heteroatoms. The first-order valence-electron chi connectivity index (χ1n) is 3.50. The van der Waals surface area contributed by atoms with E-state index >= 15 is 0 Å². The standard InChI is InChI=1S/C5H9N3O3S2/c1-2-12-5-4(6-8-7-5)3-13(9,10)11/h2-3H2,1H3,(H,6,7,8)(H,9,10,11). The van der Waals surface area contributed by atoms with Gasteiger partial charge in [-0.3, -0.25) is 4.55 Å². The van der Waals surface area contributed by atoms with Crippen molar-refractivity contribution < 1.29 is 13.0 Å². The number of hydrogen-bond donors (Lipinski definition) is 2. The van der Waals surface area contributed by atoms with Gasteiger partial charge >= 0.3 is 0 Å². The van der Waals surface area contributed by atoms with Gasteiger partial charge in [0, 0.05) is 0 Å². The highest BCUT2D eigenvalue weighted by molar-refractivity contribution is 7.99. The fourth-order valence-corrected chi connectivity index (χ4v) is 2.06. The van der Waals surface area contributed by atoms with Crippen LogP contribution in [0.1, 0.15) is 12.6 Å². The van der Waals surface area contributed by atoms with Gasteiger partial charge in [0.2, 0.25) is 0 Å². The Labute approximate surface area is 79.9 Å². The molecule has 0 amide bonds. The van der Waals surface area contributed by atoms with Crippen molar-refractivity contribution in [2.24, 2.45) is 0 Å². The van der Waals surface area contributed by atoms with Gasteiger partial charge < -0.3 is 0 Å². The van der Waals surface area contributed by atoms with Crippen LogP contribution >= 0.6 is 11.8 Å². The molecule has 1 aromatic rings. The van der Waals surface area contributed by atoms with Gasteiger partial charge in [0.05, 0.1) is 0 Å². The first-order chi connectivity index (χ1) is 6.03. The number of aromatic nitrogens is 3. The van der Waals surface area contributed by atoms with E-state index in [2.05, 4.69) is 15.4 Å². The van der Waals surface area contributed by atoms with E-state index in [0.717, 1.165) is 5.75 Å². The summed E-state index contributed by atoms with van der Waals surface area (Å²) < 4.78 is 29.6. The van der Waals surface area contributed by atoms with Gasteiger partial charge in [0.15, 0.2) is 0 Å². The second kappa shape index (κ2) is 4.07. The van der Waals surface area contributed by atoms with Gasteiger partial charge in [-0.2, -0.15) is 18.7 Å². The molecule has 1 rings (SSSR count). The van der Waals surface area contributed by atoms with Gasteiger partial charge in [-0.05, 0) is 5.75 Å². The number of hydrogen-bond acceptors (Lipinski definition) is 5. The normalized spacial score (nSPS) is 11.8. The number of H-pyrrole nitrogens is 1. The van der Waals surface area contributed by atoms with Crippen molar-refractivity contribution >= 4 is 21.9 Å². The van der Waals surface area contributed by atoms with Gasteiger partial charge in [-0.1, -0.05) is 6.92 Å². The largest absolute Gasteiger partial charge is 0.285 e. The van der Waals surface area contributed by atoms with Crippen LogP contribution in [0.15, 0.2) is 5.03 Å². The maximum absolute atomic E-state index is 10.5. The van der Waals surface area contributed by atoms with Gasteiger partial charge in [0.1, 0.15) is 16.5 Å². The molecule has 0 spiro atoms. The van der Waals surface area contributed by atoms with Crippen molar-refractivity contribution in [1.82, 2.24) is 15.4 Å². The molecule has 1 heterocycles. The van der Waals surface area contributed by atoms with Crippen molar-refractivity contribution in [2.45, 2.75) is 17.7 Å². The Bertz CT molecular complexity index is 372. The van der Waals surface area contributed by atoms with Crippen LogP contribution in [0, 0.1) is 0 Å². The van der Waals surface area contributed by atoms with E-state index in [4.69, 9.17) is 4.55 Å². The minimum absolute atomic E-state index is 0.259. The number of rotatable bonds is 4. The predicted molar refractivity (Wildman–Crippen MR) is 48.0 cm³/mol. The zero-order chi connectivity index (χ0) is 9.90. The molecular weight excluding hydrogens is 214 g/mol.